The maximum atomic E-state index is 7.23. The summed E-state index contributed by atoms with van der Waals surface area (Å²) in [5.74, 6) is 0. The van der Waals surface area contributed by atoms with Crippen LogP contribution in [0.5, 0.6) is 0 Å². The Morgan fingerprint density at radius 3 is 1.80 bits per heavy atom. The first-order chi connectivity index (χ1) is 31.6. The van der Waals surface area contributed by atoms with E-state index in [1.807, 2.05) is 0 Å². The van der Waals surface area contributed by atoms with Crippen molar-refractivity contribution in [3.8, 4) is 16.8 Å². The van der Waals surface area contributed by atoms with E-state index in [1.54, 1.807) is 0 Å². The minimum Gasteiger partial charge on any atom is -0.456 e. The summed E-state index contributed by atoms with van der Waals surface area (Å²) in [4.78, 5) is 0. The highest BCUT2D eigenvalue weighted by Crippen LogP contribution is 2.49. The topological polar surface area (TPSA) is 56.4 Å². The predicted octanol–water partition coefficient (Wildman–Crippen LogP) is 15.5. The summed E-state index contributed by atoms with van der Waals surface area (Å²) < 4.78 is 23.2. The molecule has 8 aromatic carbocycles. The highest BCUT2D eigenvalue weighted by atomic mass is 16.3. The van der Waals surface area contributed by atoms with Gasteiger partial charge in [-0.15, -0.1) is 0 Å². The minimum absolute atomic E-state index is 0.0212. The molecule has 5 nitrogen and oxygen atoms in total. The summed E-state index contributed by atoms with van der Waals surface area (Å²) in [6.07, 6.45) is 0. The third kappa shape index (κ3) is 5.66. The average molecular weight is 859 g/mol. The zero-order valence-electron chi connectivity index (χ0n) is 39.1. The molecule has 1 N–H and O–H groups in total. The van der Waals surface area contributed by atoms with Gasteiger partial charge in [0.15, 0.2) is 7.28 Å². The number of nitrogens with one attached hydrogen (secondary N) is 1. The van der Waals surface area contributed by atoms with Crippen LogP contribution in [-0.2, 0) is 16.2 Å². The number of fused-ring (bicyclic) bond motifs is 15. The van der Waals surface area contributed by atoms with Gasteiger partial charge in [0.25, 0.3) is 0 Å². The molecule has 5 heterocycles. The van der Waals surface area contributed by atoms with Gasteiger partial charge >= 0.3 is 0 Å². The van der Waals surface area contributed by atoms with Crippen molar-refractivity contribution in [1.29, 1.82) is 0 Å². The second-order valence-electron chi connectivity index (χ2n) is 21.9. The van der Waals surface area contributed by atoms with Crippen molar-refractivity contribution in [3.05, 3.63) is 150 Å². The summed E-state index contributed by atoms with van der Waals surface area (Å²) in [5.41, 5.74) is 19.3. The molecule has 1 aliphatic heterocycles. The van der Waals surface area contributed by atoms with Gasteiger partial charge in [0, 0.05) is 60.7 Å². The van der Waals surface area contributed by atoms with Crippen LogP contribution in [0, 0.1) is 0 Å². The Hall–Kier alpha value is -7.18. The molecular weight excluding hydrogens is 807 g/mol. The zero-order chi connectivity index (χ0) is 45.2. The van der Waals surface area contributed by atoms with E-state index >= 15 is 0 Å². The minimum atomic E-state index is -0.0551. The second kappa shape index (κ2) is 13.2. The molecule has 0 unspecified atom stereocenters. The number of hydrogen-bond donors (Lipinski definition) is 1. The van der Waals surface area contributed by atoms with Gasteiger partial charge in [0.2, 0.25) is 0 Å². The maximum Gasteiger partial charge on any atom is 0.198 e. The van der Waals surface area contributed by atoms with Gasteiger partial charge in [-0.1, -0.05) is 135 Å². The summed E-state index contributed by atoms with van der Waals surface area (Å²) in [6, 6.07) is 48.9. The predicted molar refractivity (Wildman–Crippen MR) is 280 cm³/mol. The molecule has 0 amide bonds. The standard InChI is InChI=1S/C60H51BN2O3/c1-58(2,3)32-18-22-35(23-19-32)62-44-31-51-39(37-24-20-34(60(7,8)9)27-49(37)65-51)28-41(44)52-53-38-15-11-13-17-48(38)66-57(53)54-42-26-33(59(4,5)6)21-25-45(42)63-46-29-40-36-14-10-12-16-47(36)64-50(40)30-43(46)61-55(52)56(54)63/h10-31,61-62H,1-9H3. The van der Waals surface area contributed by atoms with Crippen LogP contribution in [0.3, 0.4) is 0 Å². The van der Waals surface area contributed by atoms with E-state index in [2.05, 4.69) is 206 Å². The number of nitrogens with zero attached hydrogens (tertiary/aromatic N) is 1. The van der Waals surface area contributed by atoms with Crippen molar-refractivity contribution in [2.75, 3.05) is 5.32 Å². The fourth-order valence-corrected chi connectivity index (χ4v) is 10.9. The molecule has 0 bridgehead atoms. The first kappa shape index (κ1) is 39.2. The van der Waals surface area contributed by atoms with Gasteiger partial charge in [0.1, 0.15) is 33.5 Å². The Balaban J connectivity index is 1.19. The molecule has 0 atom stereocenters. The van der Waals surface area contributed by atoms with Crippen molar-refractivity contribution in [2.24, 2.45) is 0 Å². The molecule has 0 aliphatic carbocycles. The molecule has 1 aliphatic rings. The largest absolute Gasteiger partial charge is 0.456 e. The lowest BCUT2D eigenvalue weighted by Gasteiger charge is -2.25. The van der Waals surface area contributed by atoms with Crippen LogP contribution in [0.1, 0.15) is 79.0 Å². The zero-order valence-corrected chi connectivity index (χ0v) is 39.1. The van der Waals surface area contributed by atoms with Crippen LogP contribution >= 0.6 is 0 Å². The number of benzene rings is 8. The monoisotopic (exact) mass is 858 g/mol. The van der Waals surface area contributed by atoms with Crippen molar-refractivity contribution in [2.45, 2.75) is 78.6 Å². The lowest BCUT2D eigenvalue weighted by Crippen LogP contribution is -2.37. The molecule has 322 valence electrons. The molecule has 12 aromatic rings. The summed E-state index contributed by atoms with van der Waals surface area (Å²) in [7, 11) is 0.699. The molecule has 4 aromatic heterocycles. The van der Waals surface area contributed by atoms with Crippen molar-refractivity contribution >= 4 is 117 Å². The quantitative estimate of drug-likeness (QED) is 0.180. The lowest BCUT2D eigenvalue weighted by atomic mass is 9.58. The van der Waals surface area contributed by atoms with Gasteiger partial charge in [-0.3, -0.25) is 0 Å². The molecule has 66 heavy (non-hydrogen) atoms. The summed E-state index contributed by atoms with van der Waals surface area (Å²) in [5, 5.41) is 12.9. The number of hydrogen-bond acceptors (Lipinski definition) is 4. The van der Waals surface area contributed by atoms with Crippen LogP contribution in [0.25, 0.3) is 104 Å². The van der Waals surface area contributed by atoms with Crippen LogP contribution in [0.2, 0.25) is 0 Å². The highest BCUT2D eigenvalue weighted by molar-refractivity contribution is 6.74. The van der Waals surface area contributed by atoms with E-state index in [1.165, 1.54) is 44.2 Å². The highest BCUT2D eigenvalue weighted by Gasteiger charge is 2.33. The molecule has 0 spiro atoms. The van der Waals surface area contributed by atoms with E-state index < -0.39 is 0 Å². The fraction of sp³-hybridized carbons (Fsp3) is 0.200. The first-order valence-corrected chi connectivity index (χ1v) is 23.4. The Morgan fingerprint density at radius 2 is 1.06 bits per heavy atom. The Kier molecular flexibility index (Phi) is 7.86. The van der Waals surface area contributed by atoms with Gasteiger partial charge in [0.05, 0.1) is 22.1 Å². The van der Waals surface area contributed by atoms with E-state index in [9.17, 15) is 0 Å². The van der Waals surface area contributed by atoms with Crippen molar-refractivity contribution in [3.63, 3.8) is 0 Å². The maximum absolute atomic E-state index is 7.23. The number of furan rings is 3. The molecule has 6 heteroatoms. The van der Waals surface area contributed by atoms with Crippen LogP contribution in [0.15, 0.2) is 147 Å². The molecule has 0 radical (unpaired) electrons. The van der Waals surface area contributed by atoms with Gasteiger partial charge < -0.3 is 23.1 Å². The Bertz CT molecular complexity index is 4040. The Morgan fingerprint density at radius 1 is 0.470 bits per heavy atom. The van der Waals surface area contributed by atoms with E-state index in [0.717, 1.165) is 99.2 Å². The van der Waals surface area contributed by atoms with Crippen LogP contribution in [0.4, 0.5) is 11.4 Å². The summed E-state index contributed by atoms with van der Waals surface area (Å²) in [6.45, 7) is 20.4. The molecular formula is C60H51BN2O3. The number of rotatable bonds is 3. The average Bonchev–Trinajstić information content (AvgIpc) is 4.04. The van der Waals surface area contributed by atoms with E-state index in [0.29, 0.717) is 7.28 Å². The summed E-state index contributed by atoms with van der Waals surface area (Å²) >= 11 is 0. The first-order valence-electron chi connectivity index (χ1n) is 23.4. The van der Waals surface area contributed by atoms with Crippen molar-refractivity contribution < 1.29 is 13.3 Å². The molecule has 0 fully saturated rings. The van der Waals surface area contributed by atoms with Gasteiger partial charge in [-0.05, 0) is 105 Å². The normalized spacial score (nSPS) is 13.3. The SMILES string of the molecule is CC(C)(C)c1ccc(Nc2cc3oc4cc(C(C)(C)C)ccc4c3cc2-c2c3c4c(c5cc(C(C)(C)C)ccc5n4-c4cc5c(cc4B3)oc3ccccc35)c3oc4ccccc4c23)cc1. The molecule has 0 saturated heterocycles. The number of anilines is 2. The third-order valence-corrected chi connectivity index (χ3v) is 14.5. The van der Waals surface area contributed by atoms with E-state index in [4.69, 9.17) is 13.3 Å². The van der Waals surface area contributed by atoms with Crippen LogP contribution in [-0.4, -0.2) is 11.8 Å². The third-order valence-electron chi connectivity index (χ3n) is 14.5. The van der Waals surface area contributed by atoms with E-state index in [-0.39, 0.29) is 16.2 Å². The number of para-hydroxylation sites is 2. The van der Waals surface area contributed by atoms with Gasteiger partial charge in [-0.2, -0.15) is 0 Å². The fourth-order valence-electron chi connectivity index (χ4n) is 10.9. The Labute approximate surface area is 384 Å². The van der Waals surface area contributed by atoms with Crippen molar-refractivity contribution in [1.82, 2.24) is 4.57 Å². The lowest BCUT2D eigenvalue weighted by molar-refractivity contribution is 0.587. The molecule has 0 saturated carbocycles. The smallest absolute Gasteiger partial charge is 0.198 e. The number of aromatic nitrogens is 1. The second-order valence-corrected chi connectivity index (χ2v) is 21.9. The van der Waals surface area contributed by atoms with Crippen LogP contribution < -0.4 is 16.2 Å². The van der Waals surface area contributed by atoms with Gasteiger partial charge in [-0.25, -0.2) is 0 Å². The molecule has 13 rings (SSSR count).